The third-order valence-corrected chi connectivity index (χ3v) is 5.42. The Morgan fingerprint density at radius 3 is 1.73 bits per heavy atom. The second-order valence-corrected chi connectivity index (χ2v) is 7.30. The maximum absolute atomic E-state index is 2.39. The molecule has 0 aliphatic heterocycles. The van der Waals surface area contributed by atoms with Crippen molar-refractivity contribution in [2.75, 3.05) is 0 Å². The van der Waals surface area contributed by atoms with E-state index in [1.165, 1.54) is 44.4 Å². The maximum Gasteiger partial charge on any atom is 0.139 e. The fraction of sp³-hybridized carbons (Fsp3) is 0.429. The number of benzene rings is 2. The molecular formula is C21H29B. The van der Waals surface area contributed by atoms with Crippen LogP contribution in [0.3, 0.4) is 0 Å². The summed E-state index contributed by atoms with van der Waals surface area (Å²) < 4.78 is 0. The lowest BCUT2D eigenvalue weighted by molar-refractivity contribution is 0.638. The lowest BCUT2D eigenvalue weighted by Crippen LogP contribution is -2.23. The van der Waals surface area contributed by atoms with Crippen LogP contribution in [0.2, 0.25) is 0 Å². The van der Waals surface area contributed by atoms with E-state index in [9.17, 15) is 0 Å². The second-order valence-electron chi connectivity index (χ2n) is 7.30. The van der Waals surface area contributed by atoms with Crippen molar-refractivity contribution in [1.29, 1.82) is 0 Å². The molecule has 0 amide bonds. The van der Waals surface area contributed by atoms with Crippen LogP contribution in [-0.4, -0.2) is 7.85 Å². The Labute approximate surface area is 137 Å². The zero-order valence-corrected chi connectivity index (χ0v) is 15.5. The Balaban J connectivity index is 2.60. The molecule has 116 valence electrons. The summed E-state index contributed by atoms with van der Waals surface area (Å²) in [5, 5.41) is 0. The smallest absolute Gasteiger partial charge is 0.0855 e. The van der Waals surface area contributed by atoms with Crippen LogP contribution in [0, 0.1) is 27.7 Å². The Morgan fingerprint density at radius 1 is 0.818 bits per heavy atom. The molecule has 2 rings (SSSR count). The molecule has 0 spiro atoms. The fourth-order valence-corrected chi connectivity index (χ4v) is 3.48. The molecule has 0 saturated heterocycles. The van der Waals surface area contributed by atoms with Gasteiger partial charge in [0.05, 0.1) is 0 Å². The first kappa shape index (κ1) is 16.9. The summed E-state index contributed by atoms with van der Waals surface area (Å²) in [6.45, 7) is 15.9. The first-order chi connectivity index (χ1) is 10.2. The zero-order valence-electron chi connectivity index (χ0n) is 15.5. The fourth-order valence-electron chi connectivity index (χ4n) is 3.48. The first-order valence-electron chi connectivity index (χ1n) is 8.37. The molecule has 0 nitrogen and oxygen atoms in total. The normalized spacial score (nSPS) is 11.8. The summed E-state index contributed by atoms with van der Waals surface area (Å²) in [6, 6.07) is 9.49. The first-order valence-corrected chi connectivity index (χ1v) is 8.37. The van der Waals surface area contributed by atoms with E-state index in [-0.39, 0.29) is 5.41 Å². The van der Waals surface area contributed by atoms with E-state index in [0.717, 1.165) is 6.42 Å². The van der Waals surface area contributed by atoms with Crippen LogP contribution >= 0.6 is 0 Å². The van der Waals surface area contributed by atoms with Crippen molar-refractivity contribution < 1.29 is 0 Å². The van der Waals surface area contributed by atoms with E-state index in [1.807, 2.05) is 0 Å². The van der Waals surface area contributed by atoms with Gasteiger partial charge in [-0.1, -0.05) is 56.1 Å². The predicted molar refractivity (Wildman–Crippen MR) is 102 cm³/mol. The highest BCUT2D eigenvalue weighted by Crippen LogP contribution is 2.34. The molecule has 0 bridgehead atoms. The Kier molecular flexibility index (Phi) is 4.56. The minimum Gasteiger partial charge on any atom is -0.0855 e. The number of rotatable bonds is 3. The van der Waals surface area contributed by atoms with E-state index in [2.05, 4.69) is 80.6 Å². The quantitative estimate of drug-likeness (QED) is 0.748. The average Bonchev–Trinajstić information content (AvgIpc) is 2.43. The third kappa shape index (κ3) is 2.86. The van der Waals surface area contributed by atoms with Gasteiger partial charge in [-0.3, -0.25) is 0 Å². The van der Waals surface area contributed by atoms with Gasteiger partial charge in [0.15, 0.2) is 0 Å². The van der Waals surface area contributed by atoms with Gasteiger partial charge in [0.1, 0.15) is 7.85 Å². The van der Waals surface area contributed by atoms with Crippen molar-refractivity contribution in [3.8, 4) is 0 Å². The largest absolute Gasteiger partial charge is 0.139 e. The molecule has 0 radical (unpaired) electrons. The summed E-state index contributed by atoms with van der Waals surface area (Å²) in [5.74, 6) is 0. The number of aryl methyl sites for hydroxylation is 3. The monoisotopic (exact) mass is 292 g/mol. The van der Waals surface area contributed by atoms with Crippen LogP contribution in [0.25, 0.3) is 0 Å². The van der Waals surface area contributed by atoms with Crippen LogP contribution in [0.1, 0.15) is 59.7 Å². The van der Waals surface area contributed by atoms with Crippen molar-refractivity contribution >= 4 is 13.3 Å². The minimum absolute atomic E-state index is 0.0327. The maximum atomic E-state index is 2.39. The van der Waals surface area contributed by atoms with E-state index < -0.39 is 0 Å². The van der Waals surface area contributed by atoms with Crippen molar-refractivity contribution in [2.24, 2.45) is 0 Å². The summed E-state index contributed by atoms with van der Waals surface area (Å²) in [5.41, 5.74) is 11.4. The zero-order chi connectivity index (χ0) is 16.7. The van der Waals surface area contributed by atoms with Gasteiger partial charge in [-0.15, -0.1) is 0 Å². The van der Waals surface area contributed by atoms with Crippen LogP contribution in [0.4, 0.5) is 0 Å². The summed E-state index contributed by atoms with van der Waals surface area (Å²) in [6.07, 6.45) is 1.11. The van der Waals surface area contributed by atoms with Gasteiger partial charge >= 0.3 is 0 Å². The number of hydrogen-bond acceptors (Lipinski definition) is 0. The van der Waals surface area contributed by atoms with Gasteiger partial charge in [-0.05, 0) is 67.5 Å². The Hall–Kier alpha value is -1.50. The van der Waals surface area contributed by atoms with Crippen molar-refractivity contribution in [3.05, 3.63) is 63.2 Å². The lowest BCUT2D eigenvalue weighted by atomic mass is 9.73. The SMILES string of the molecule is Bc1cc(C(C)(C)c2cc(C)c(CC)c(C)c2)cc(C)c1C. The molecule has 0 fully saturated rings. The van der Waals surface area contributed by atoms with Crippen molar-refractivity contribution in [3.63, 3.8) is 0 Å². The average molecular weight is 292 g/mol. The molecule has 0 N–H and O–H groups in total. The van der Waals surface area contributed by atoms with Crippen molar-refractivity contribution in [2.45, 2.75) is 60.3 Å². The summed E-state index contributed by atoms with van der Waals surface area (Å²) in [7, 11) is 2.22. The van der Waals surface area contributed by atoms with Crippen LogP contribution in [-0.2, 0) is 11.8 Å². The molecule has 2 aromatic carbocycles. The Morgan fingerprint density at radius 2 is 1.27 bits per heavy atom. The highest BCUT2D eigenvalue weighted by molar-refractivity contribution is 6.33. The van der Waals surface area contributed by atoms with Crippen LogP contribution < -0.4 is 5.46 Å². The molecule has 0 aliphatic carbocycles. The van der Waals surface area contributed by atoms with E-state index >= 15 is 0 Å². The molecule has 0 atom stereocenters. The molecule has 0 saturated carbocycles. The van der Waals surface area contributed by atoms with Gasteiger partial charge in [-0.25, -0.2) is 0 Å². The molecular weight excluding hydrogens is 263 g/mol. The van der Waals surface area contributed by atoms with Gasteiger partial charge in [0.2, 0.25) is 0 Å². The highest BCUT2D eigenvalue weighted by atomic mass is 14.3. The van der Waals surface area contributed by atoms with Gasteiger partial charge < -0.3 is 0 Å². The predicted octanol–water partition coefficient (Wildman–Crippen LogP) is 4.07. The number of hydrogen-bond donors (Lipinski definition) is 0. The van der Waals surface area contributed by atoms with E-state index in [0.29, 0.717) is 0 Å². The molecule has 0 aliphatic rings. The van der Waals surface area contributed by atoms with Crippen LogP contribution in [0.15, 0.2) is 24.3 Å². The van der Waals surface area contributed by atoms with E-state index in [1.54, 1.807) is 0 Å². The van der Waals surface area contributed by atoms with Gasteiger partial charge in [0.25, 0.3) is 0 Å². The summed E-state index contributed by atoms with van der Waals surface area (Å²) in [4.78, 5) is 0. The molecule has 22 heavy (non-hydrogen) atoms. The second kappa shape index (κ2) is 5.95. The van der Waals surface area contributed by atoms with Gasteiger partial charge in [-0.2, -0.15) is 0 Å². The molecule has 1 heteroatoms. The molecule has 0 aromatic heterocycles. The minimum atomic E-state index is 0.0327. The Bertz CT molecular complexity index is 662. The third-order valence-electron chi connectivity index (χ3n) is 5.42. The van der Waals surface area contributed by atoms with Crippen LogP contribution in [0.5, 0.6) is 0 Å². The molecule has 2 aromatic rings. The topological polar surface area (TPSA) is 0 Å². The van der Waals surface area contributed by atoms with Crippen molar-refractivity contribution in [1.82, 2.24) is 0 Å². The van der Waals surface area contributed by atoms with Gasteiger partial charge in [0, 0.05) is 5.41 Å². The molecule has 0 heterocycles. The molecule has 0 unspecified atom stereocenters. The highest BCUT2D eigenvalue weighted by Gasteiger charge is 2.25. The standard InChI is InChI=1S/C21H29B/c1-8-19-14(3)10-17(11-15(19)4)21(6,7)18-9-13(2)16(5)20(22)12-18/h9-12H,8,22H2,1-7H3. The summed E-state index contributed by atoms with van der Waals surface area (Å²) >= 11 is 0. The van der Waals surface area contributed by atoms with E-state index in [4.69, 9.17) is 0 Å². The lowest BCUT2D eigenvalue weighted by Gasteiger charge is -2.29.